The van der Waals surface area contributed by atoms with E-state index in [-0.39, 0.29) is 6.54 Å². The van der Waals surface area contributed by atoms with Gasteiger partial charge in [-0.3, -0.25) is 0 Å². The molecule has 0 unspecified atom stereocenters. The number of halogens is 2. The van der Waals surface area contributed by atoms with Crippen LogP contribution in [0.5, 0.6) is 5.75 Å². The van der Waals surface area contributed by atoms with Crippen molar-refractivity contribution < 1.29 is 13.5 Å². The number of nitrogens with two attached hydrogens (primary N) is 1. The lowest BCUT2D eigenvalue weighted by Gasteiger charge is -2.11. The van der Waals surface area contributed by atoms with E-state index in [0.717, 1.165) is 11.8 Å². The van der Waals surface area contributed by atoms with Crippen molar-refractivity contribution in [3.63, 3.8) is 0 Å². The molecule has 0 aromatic heterocycles. The van der Waals surface area contributed by atoms with Crippen LogP contribution in [0.3, 0.4) is 0 Å². The van der Waals surface area contributed by atoms with E-state index in [1.165, 1.54) is 12.1 Å². The summed E-state index contributed by atoms with van der Waals surface area (Å²) in [5.74, 6) is -0.519. The molecule has 106 valence electrons. The molecule has 0 saturated heterocycles. The minimum atomic E-state index is -0.589. The molecule has 0 bridgehead atoms. The maximum absolute atomic E-state index is 13.5. The summed E-state index contributed by atoms with van der Waals surface area (Å²) in [6, 6.07) is 8.72. The SMILES string of the molecule is CCOc1cc(N)cc(NCc2ccc(F)cc2F)c1. The minimum absolute atomic E-state index is 0.237. The molecule has 3 N–H and O–H groups in total. The van der Waals surface area contributed by atoms with Crippen LogP contribution in [0.2, 0.25) is 0 Å². The Balaban J connectivity index is 2.10. The fourth-order valence-corrected chi connectivity index (χ4v) is 1.84. The van der Waals surface area contributed by atoms with Crippen LogP contribution in [-0.2, 0) is 6.54 Å². The summed E-state index contributed by atoms with van der Waals surface area (Å²) in [6.45, 7) is 2.65. The summed E-state index contributed by atoms with van der Waals surface area (Å²) in [4.78, 5) is 0. The van der Waals surface area contributed by atoms with Gasteiger partial charge in [-0.2, -0.15) is 0 Å². The molecule has 0 aliphatic heterocycles. The zero-order valence-electron chi connectivity index (χ0n) is 11.1. The quantitative estimate of drug-likeness (QED) is 0.822. The largest absolute Gasteiger partial charge is 0.494 e. The molecule has 0 saturated carbocycles. The van der Waals surface area contributed by atoms with Crippen molar-refractivity contribution in [3.05, 3.63) is 53.6 Å². The first-order valence-electron chi connectivity index (χ1n) is 6.29. The number of ether oxygens (including phenoxy) is 1. The molecule has 3 nitrogen and oxygen atoms in total. The van der Waals surface area contributed by atoms with Gasteiger partial charge in [-0.1, -0.05) is 6.07 Å². The van der Waals surface area contributed by atoms with Crippen LogP contribution in [-0.4, -0.2) is 6.61 Å². The third kappa shape index (κ3) is 3.60. The van der Waals surface area contributed by atoms with Crippen LogP contribution in [0.1, 0.15) is 12.5 Å². The number of nitrogens with one attached hydrogen (secondary N) is 1. The van der Waals surface area contributed by atoms with Crippen LogP contribution in [0.25, 0.3) is 0 Å². The van der Waals surface area contributed by atoms with E-state index in [1.807, 2.05) is 6.92 Å². The second-order valence-electron chi connectivity index (χ2n) is 4.31. The standard InChI is InChI=1S/C15H16F2N2O/c1-2-20-14-7-12(18)6-13(8-14)19-9-10-3-4-11(16)5-15(10)17/h3-8,19H,2,9,18H2,1H3. The second kappa shape index (κ2) is 6.23. The summed E-state index contributed by atoms with van der Waals surface area (Å²) >= 11 is 0. The van der Waals surface area contributed by atoms with Crippen molar-refractivity contribution >= 4 is 11.4 Å². The van der Waals surface area contributed by atoms with Crippen LogP contribution in [0, 0.1) is 11.6 Å². The lowest BCUT2D eigenvalue weighted by molar-refractivity contribution is 0.340. The average molecular weight is 278 g/mol. The third-order valence-electron chi connectivity index (χ3n) is 2.74. The summed E-state index contributed by atoms with van der Waals surface area (Å²) in [6.07, 6.45) is 0. The number of benzene rings is 2. The van der Waals surface area contributed by atoms with Crippen LogP contribution < -0.4 is 15.8 Å². The molecule has 0 fully saturated rings. The third-order valence-corrected chi connectivity index (χ3v) is 2.74. The molecule has 0 heterocycles. The van der Waals surface area contributed by atoms with Gasteiger partial charge in [0.2, 0.25) is 0 Å². The normalized spacial score (nSPS) is 10.3. The molecule has 5 heteroatoms. The van der Waals surface area contributed by atoms with E-state index in [2.05, 4.69) is 5.32 Å². The Morgan fingerprint density at radius 2 is 1.95 bits per heavy atom. The molecule has 0 atom stereocenters. The Kier molecular flexibility index (Phi) is 4.40. The number of hydrogen-bond donors (Lipinski definition) is 2. The maximum atomic E-state index is 13.5. The minimum Gasteiger partial charge on any atom is -0.494 e. The fourth-order valence-electron chi connectivity index (χ4n) is 1.84. The Hall–Kier alpha value is -2.30. The molecule has 2 rings (SSSR count). The highest BCUT2D eigenvalue weighted by molar-refractivity contribution is 5.59. The van der Waals surface area contributed by atoms with Gasteiger partial charge in [-0.15, -0.1) is 0 Å². The van der Waals surface area contributed by atoms with Gasteiger partial charge >= 0.3 is 0 Å². The maximum Gasteiger partial charge on any atom is 0.131 e. The lowest BCUT2D eigenvalue weighted by atomic mass is 10.2. The molecular formula is C15H16F2N2O. The predicted octanol–water partition coefficient (Wildman–Crippen LogP) is 3.56. The van der Waals surface area contributed by atoms with E-state index in [9.17, 15) is 8.78 Å². The van der Waals surface area contributed by atoms with Gasteiger partial charge in [0.15, 0.2) is 0 Å². The average Bonchev–Trinajstić information content (AvgIpc) is 2.37. The van der Waals surface area contributed by atoms with Gasteiger partial charge < -0.3 is 15.8 Å². The topological polar surface area (TPSA) is 47.3 Å². The van der Waals surface area contributed by atoms with Crippen LogP contribution >= 0.6 is 0 Å². The number of hydrogen-bond acceptors (Lipinski definition) is 3. The summed E-state index contributed by atoms with van der Waals surface area (Å²) in [5.41, 5.74) is 7.42. The van der Waals surface area contributed by atoms with Crippen LogP contribution in [0.15, 0.2) is 36.4 Å². The summed E-state index contributed by atoms with van der Waals surface area (Å²) < 4.78 is 31.7. The van der Waals surface area contributed by atoms with E-state index in [0.29, 0.717) is 23.6 Å². The molecule has 0 aliphatic carbocycles. The molecular weight excluding hydrogens is 262 g/mol. The lowest BCUT2D eigenvalue weighted by Crippen LogP contribution is -2.03. The molecule has 0 radical (unpaired) electrons. The first kappa shape index (κ1) is 14.1. The number of rotatable bonds is 5. The van der Waals surface area contributed by atoms with Crippen molar-refractivity contribution in [2.24, 2.45) is 0 Å². The fraction of sp³-hybridized carbons (Fsp3) is 0.200. The first-order valence-corrected chi connectivity index (χ1v) is 6.29. The second-order valence-corrected chi connectivity index (χ2v) is 4.31. The van der Waals surface area contributed by atoms with E-state index >= 15 is 0 Å². The van der Waals surface area contributed by atoms with Gasteiger partial charge in [-0.25, -0.2) is 8.78 Å². The Bertz CT molecular complexity index is 602. The van der Waals surface area contributed by atoms with Crippen molar-refractivity contribution in [3.8, 4) is 5.75 Å². The highest BCUT2D eigenvalue weighted by Gasteiger charge is 2.05. The highest BCUT2D eigenvalue weighted by Crippen LogP contribution is 2.23. The molecule has 0 amide bonds. The van der Waals surface area contributed by atoms with Gasteiger partial charge in [0.05, 0.1) is 6.61 Å². The van der Waals surface area contributed by atoms with Crippen molar-refractivity contribution in [1.82, 2.24) is 0 Å². The van der Waals surface area contributed by atoms with Crippen LogP contribution in [0.4, 0.5) is 20.2 Å². The molecule has 20 heavy (non-hydrogen) atoms. The van der Waals surface area contributed by atoms with Gasteiger partial charge in [-0.05, 0) is 19.1 Å². The van der Waals surface area contributed by atoms with Gasteiger partial charge in [0.1, 0.15) is 17.4 Å². The first-order chi connectivity index (χ1) is 9.58. The van der Waals surface area contributed by atoms with E-state index in [4.69, 9.17) is 10.5 Å². The molecule has 0 aliphatic rings. The number of anilines is 2. The Labute approximate surface area is 116 Å². The van der Waals surface area contributed by atoms with E-state index < -0.39 is 11.6 Å². The molecule has 2 aromatic carbocycles. The zero-order valence-corrected chi connectivity index (χ0v) is 11.1. The van der Waals surface area contributed by atoms with Crippen molar-refractivity contribution in [2.75, 3.05) is 17.7 Å². The molecule has 2 aromatic rings. The van der Waals surface area contributed by atoms with Gasteiger partial charge in [0, 0.05) is 41.7 Å². The Morgan fingerprint density at radius 3 is 2.65 bits per heavy atom. The van der Waals surface area contributed by atoms with Crippen molar-refractivity contribution in [1.29, 1.82) is 0 Å². The monoisotopic (exact) mass is 278 g/mol. The van der Waals surface area contributed by atoms with Gasteiger partial charge in [0.25, 0.3) is 0 Å². The highest BCUT2D eigenvalue weighted by atomic mass is 19.1. The summed E-state index contributed by atoms with van der Waals surface area (Å²) in [7, 11) is 0. The smallest absolute Gasteiger partial charge is 0.131 e. The zero-order chi connectivity index (χ0) is 14.5. The summed E-state index contributed by atoms with van der Waals surface area (Å²) in [5, 5.41) is 3.04. The molecule has 0 spiro atoms. The predicted molar refractivity (Wildman–Crippen MR) is 75.7 cm³/mol. The van der Waals surface area contributed by atoms with Crippen molar-refractivity contribution in [2.45, 2.75) is 13.5 Å². The number of nitrogen functional groups attached to an aromatic ring is 1. The Morgan fingerprint density at radius 1 is 1.15 bits per heavy atom. The van der Waals surface area contributed by atoms with E-state index in [1.54, 1.807) is 18.2 Å².